The van der Waals surface area contributed by atoms with Crippen LogP contribution in [-0.2, 0) is 9.47 Å². The Bertz CT molecular complexity index is 912. The quantitative estimate of drug-likeness (QED) is 0.676. The molecule has 0 saturated carbocycles. The highest BCUT2D eigenvalue weighted by Crippen LogP contribution is 2.44. The first kappa shape index (κ1) is 22.6. The van der Waals surface area contributed by atoms with E-state index < -0.39 is 0 Å². The second kappa shape index (κ2) is 9.88. The van der Waals surface area contributed by atoms with Gasteiger partial charge in [-0.1, -0.05) is 30.3 Å². The average molecular weight is 441 g/mol. The molecule has 1 spiro atoms. The van der Waals surface area contributed by atoms with Crippen LogP contribution in [0, 0.1) is 0 Å². The lowest BCUT2D eigenvalue weighted by Gasteiger charge is -2.48. The van der Waals surface area contributed by atoms with Gasteiger partial charge in [0.05, 0.1) is 32.0 Å². The van der Waals surface area contributed by atoms with E-state index in [9.17, 15) is 4.79 Å². The van der Waals surface area contributed by atoms with E-state index in [1.54, 1.807) is 12.1 Å². The molecule has 2 aromatic rings. The topological polar surface area (TPSA) is 70.1 Å². The third-order valence-electron chi connectivity index (χ3n) is 6.47. The molecule has 2 atom stereocenters. The van der Waals surface area contributed by atoms with E-state index in [1.807, 2.05) is 30.0 Å². The predicted molar refractivity (Wildman–Crippen MR) is 120 cm³/mol. The Balaban J connectivity index is 1.48. The van der Waals surface area contributed by atoms with Crippen LogP contribution in [0.1, 0.15) is 54.6 Å². The summed E-state index contributed by atoms with van der Waals surface area (Å²) >= 11 is 0. The summed E-state index contributed by atoms with van der Waals surface area (Å²) in [5.41, 5.74) is 1.35. The van der Waals surface area contributed by atoms with Crippen LogP contribution in [0.4, 0.5) is 0 Å². The number of nitrogens with zero attached hydrogens (tertiary/aromatic N) is 2. The highest BCUT2D eigenvalue weighted by molar-refractivity contribution is 5.96. The van der Waals surface area contributed by atoms with Gasteiger partial charge in [-0.15, -0.1) is 0 Å². The van der Waals surface area contributed by atoms with Crippen molar-refractivity contribution in [2.24, 2.45) is 0 Å². The van der Waals surface area contributed by atoms with E-state index in [4.69, 9.17) is 18.9 Å². The fraction of sp³-hybridized carbons (Fsp3) is 0.520. The molecule has 2 fully saturated rings. The van der Waals surface area contributed by atoms with Gasteiger partial charge in [0.25, 0.3) is 5.91 Å². The summed E-state index contributed by atoms with van der Waals surface area (Å²) in [6, 6.07) is 13.8. The van der Waals surface area contributed by atoms with Crippen molar-refractivity contribution in [1.29, 1.82) is 0 Å². The van der Waals surface area contributed by atoms with Gasteiger partial charge in [-0.25, -0.2) is 0 Å². The maximum absolute atomic E-state index is 13.2. The van der Waals surface area contributed by atoms with E-state index >= 15 is 0 Å². The molecule has 1 amide bonds. The third-order valence-corrected chi connectivity index (χ3v) is 6.47. The molecule has 4 rings (SSSR count). The smallest absolute Gasteiger partial charge is 0.259 e. The highest BCUT2D eigenvalue weighted by Gasteiger charge is 2.45. The minimum absolute atomic E-state index is 0.00892. The number of carbonyl (C=O) groups is 1. The number of amides is 1. The molecule has 0 bridgehead atoms. The van der Waals surface area contributed by atoms with E-state index in [0.717, 1.165) is 25.7 Å². The van der Waals surface area contributed by atoms with Gasteiger partial charge in [0.2, 0.25) is 11.8 Å². The Morgan fingerprint density at radius 2 is 1.88 bits per heavy atom. The van der Waals surface area contributed by atoms with Gasteiger partial charge in [-0.2, -0.15) is 4.98 Å². The van der Waals surface area contributed by atoms with Crippen LogP contribution in [0.3, 0.4) is 0 Å². The maximum atomic E-state index is 13.2. The number of rotatable bonds is 6. The SMILES string of the molecule is CCOC1CC(c2ccccc2)OC2(CCN(C(=O)c3ccc(OC)nc3OC)CC2)C1. The van der Waals surface area contributed by atoms with Crippen molar-refractivity contribution < 1.29 is 23.7 Å². The summed E-state index contributed by atoms with van der Waals surface area (Å²) in [4.78, 5) is 19.3. The molecule has 2 saturated heterocycles. The van der Waals surface area contributed by atoms with E-state index in [0.29, 0.717) is 31.1 Å². The molecule has 2 unspecified atom stereocenters. The monoisotopic (exact) mass is 440 g/mol. The number of carbonyl (C=O) groups excluding carboxylic acids is 1. The van der Waals surface area contributed by atoms with Crippen molar-refractivity contribution in [1.82, 2.24) is 9.88 Å². The number of piperidine rings is 1. The fourth-order valence-corrected chi connectivity index (χ4v) is 4.83. The van der Waals surface area contributed by atoms with Crippen molar-refractivity contribution in [2.45, 2.75) is 50.4 Å². The average Bonchev–Trinajstić information content (AvgIpc) is 2.84. The summed E-state index contributed by atoms with van der Waals surface area (Å²) in [5.74, 6) is 0.619. The molecule has 32 heavy (non-hydrogen) atoms. The number of likely N-dealkylation sites (tertiary alicyclic amines) is 1. The van der Waals surface area contributed by atoms with Gasteiger partial charge in [0.15, 0.2) is 0 Å². The van der Waals surface area contributed by atoms with E-state index in [-0.39, 0.29) is 29.6 Å². The zero-order chi connectivity index (χ0) is 22.6. The standard InChI is InChI=1S/C25H32N2O5/c1-4-31-19-16-21(18-8-6-5-7-9-18)32-25(17-19)12-14-27(15-13-25)24(28)20-10-11-22(29-2)26-23(20)30-3/h5-11,19,21H,4,12-17H2,1-3H3. The number of benzene rings is 1. The van der Waals surface area contributed by atoms with Crippen LogP contribution < -0.4 is 9.47 Å². The lowest BCUT2D eigenvalue weighted by molar-refractivity contribution is -0.190. The first-order valence-corrected chi connectivity index (χ1v) is 11.3. The van der Waals surface area contributed by atoms with Crippen LogP contribution in [0.15, 0.2) is 42.5 Å². The first-order chi connectivity index (χ1) is 15.6. The molecule has 2 aliphatic rings. The lowest BCUT2D eigenvalue weighted by Crippen LogP contribution is -2.52. The van der Waals surface area contributed by atoms with Gasteiger partial charge in [0.1, 0.15) is 5.56 Å². The van der Waals surface area contributed by atoms with Gasteiger partial charge in [-0.05, 0) is 31.4 Å². The van der Waals surface area contributed by atoms with Crippen LogP contribution in [-0.4, -0.2) is 61.4 Å². The van der Waals surface area contributed by atoms with Crippen molar-refractivity contribution in [3.05, 3.63) is 53.6 Å². The van der Waals surface area contributed by atoms with E-state index in [2.05, 4.69) is 17.1 Å². The molecular weight excluding hydrogens is 408 g/mol. The van der Waals surface area contributed by atoms with Crippen LogP contribution in [0.25, 0.3) is 0 Å². The van der Waals surface area contributed by atoms with Crippen molar-refractivity contribution >= 4 is 5.91 Å². The van der Waals surface area contributed by atoms with Gasteiger partial charge >= 0.3 is 0 Å². The Morgan fingerprint density at radius 1 is 1.12 bits per heavy atom. The third kappa shape index (κ3) is 4.74. The van der Waals surface area contributed by atoms with Gasteiger partial charge in [-0.3, -0.25) is 4.79 Å². The minimum atomic E-state index is -0.280. The minimum Gasteiger partial charge on any atom is -0.481 e. The van der Waals surface area contributed by atoms with Crippen molar-refractivity contribution in [3.63, 3.8) is 0 Å². The number of ether oxygens (including phenoxy) is 4. The van der Waals surface area contributed by atoms with Gasteiger partial charge < -0.3 is 23.8 Å². The second-order valence-corrected chi connectivity index (χ2v) is 8.42. The predicted octanol–water partition coefficient (Wildman–Crippen LogP) is 4.03. The Morgan fingerprint density at radius 3 is 2.53 bits per heavy atom. The Labute approximate surface area is 189 Å². The molecule has 7 heteroatoms. The lowest BCUT2D eigenvalue weighted by atomic mass is 9.80. The van der Waals surface area contributed by atoms with Gasteiger partial charge in [0, 0.05) is 38.6 Å². The van der Waals surface area contributed by atoms with Crippen molar-refractivity contribution in [2.75, 3.05) is 33.9 Å². The maximum Gasteiger partial charge on any atom is 0.259 e. The van der Waals surface area contributed by atoms with E-state index in [1.165, 1.54) is 19.8 Å². The molecule has 2 aliphatic heterocycles. The van der Waals surface area contributed by atoms with Crippen LogP contribution >= 0.6 is 0 Å². The first-order valence-electron chi connectivity index (χ1n) is 11.3. The summed E-state index contributed by atoms with van der Waals surface area (Å²) in [6.45, 7) is 3.97. The number of aromatic nitrogens is 1. The molecule has 0 aliphatic carbocycles. The number of hydrogen-bond acceptors (Lipinski definition) is 6. The summed E-state index contributed by atoms with van der Waals surface area (Å²) < 4.78 is 23.3. The molecule has 172 valence electrons. The van der Waals surface area contributed by atoms with Crippen LogP contribution in [0.2, 0.25) is 0 Å². The van der Waals surface area contributed by atoms with Crippen LogP contribution in [0.5, 0.6) is 11.8 Å². The Hall–Kier alpha value is -2.64. The number of methoxy groups -OCH3 is 2. The molecule has 7 nitrogen and oxygen atoms in total. The zero-order valence-electron chi connectivity index (χ0n) is 19.1. The molecule has 3 heterocycles. The molecule has 1 aromatic carbocycles. The van der Waals surface area contributed by atoms with Crippen molar-refractivity contribution in [3.8, 4) is 11.8 Å². The normalized spacial score (nSPS) is 22.5. The molecule has 1 aromatic heterocycles. The second-order valence-electron chi connectivity index (χ2n) is 8.42. The zero-order valence-corrected chi connectivity index (χ0v) is 19.1. The fourth-order valence-electron chi connectivity index (χ4n) is 4.83. The molecular formula is C25H32N2O5. The summed E-state index contributed by atoms with van der Waals surface area (Å²) in [7, 11) is 3.05. The summed E-state index contributed by atoms with van der Waals surface area (Å²) in [6.07, 6.45) is 3.44. The Kier molecular flexibility index (Phi) is 6.96. The molecule has 0 radical (unpaired) electrons. The number of hydrogen-bond donors (Lipinski definition) is 0. The largest absolute Gasteiger partial charge is 0.481 e. The summed E-state index contributed by atoms with van der Waals surface area (Å²) in [5, 5.41) is 0. The molecule has 0 N–H and O–H groups in total. The number of pyridine rings is 1. The highest BCUT2D eigenvalue weighted by atomic mass is 16.5.